The molecular formula is C58H66N8O13. The highest BCUT2D eigenvalue weighted by Crippen LogP contribution is 2.39. The number of morpholine rings is 2. The van der Waals surface area contributed by atoms with Crippen LogP contribution < -0.4 is 24.3 Å². The number of ether oxygens (including phenoxy) is 6. The monoisotopic (exact) mass is 1080 g/mol. The molecule has 416 valence electrons. The van der Waals surface area contributed by atoms with Crippen molar-refractivity contribution >= 4 is 56.7 Å². The molecule has 0 bridgehead atoms. The second-order valence-electron chi connectivity index (χ2n) is 20.2. The second-order valence-corrected chi connectivity index (χ2v) is 20.2. The van der Waals surface area contributed by atoms with Crippen LogP contribution in [-0.2, 0) is 19.1 Å². The van der Waals surface area contributed by atoms with Gasteiger partial charge in [-0.3, -0.25) is 39.0 Å². The van der Waals surface area contributed by atoms with Crippen LogP contribution in [-0.4, -0.2) is 192 Å². The molecule has 21 heteroatoms. The van der Waals surface area contributed by atoms with E-state index >= 15 is 0 Å². The van der Waals surface area contributed by atoms with Crippen molar-refractivity contribution in [3.63, 3.8) is 0 Å². The average molecular weight is 1080 g/mol. The quantitative estimate of drug-likeness (QED) is 0.0628. The maximum Gasteiger partial charge on any atom is 0.317 e. The smallest absolute Gasteiger partial charge is 0.317 e. The van der Waals surface area contributed by atoms with Gasteiger partial charge in [-0.25, -0.2) is 0 Å². The number of amides is 1. The van der Waals surface area contributed by atoms with Gasteiger partial charge in [-0.15, -0.1) is 0 Å². The lowest BCUT2D eigenvalue weighted by Crippen LogP contribution is -2.47. The van der Waals surface area contributed by atoms with E-state index in [4.69, 9.17) is 43.5 Å². The number of aromatic hydroxyl groups is 2. The van der Waals surface area contributed by atoms with Crippen LogP contribution in [0.1, 0.15) is 82.5 Å². The Labute approximate surface area is 456 Å². The molecule has 0 unspecified atom stereocenters. The van der Waals surface area contributed by atoms with Crippen LogP contribution in [0.4, 0.5) is 0 Å². The molecule has 4 saturated heterocycles. The number of nitrogens with one attached hydrogen (secondary N) is 3. The first-order valence-corrected chi connectivity index (χ1v) is 26.8. The van der Waals surface area contributed by atoms with Crippen molar-refractivity contribution in [1.29, 1.82) is 0 Å². The number of aromatic amines is 2. The third-order valence-electron chi connectivity index (χ3n) is 14.8. The number of H-pyrrole nitrogens is 2. The Kier molecular flexibility index (Phi) is 17.2. The molecular weight excluding hydrogens is 1020 g/mol. The number of carboxylic acid groups (broad SMARTS) is 1. The summed E-state index contributed by atoms with van der Waals surface area (Å²) in [5, 5.41) is 35.6. The normalized spacial score (nSPS) is 18.2. The standard InChI is InChI=1S/C29H32N4O6.C25H25N3O6.C4H9NO/c1-18(34)19-2-4-23-22(14-19)27(29(36)31-23)28(20-3-5-24-25(15-20)39-17-38-24)30-21-6-8-32(9-7-21)16-26(35)33-10-12-37-13-11-33;1-14(29)15-2-4-19-18(10-15)23(25(32)27-19)24(16-3-5-20-21(11-16)34-13-33-20)26-17-6-8-28(9-7-17)12-22(30)31;1-3-6-4-2-5-1/h2-5,14-15,21,31,36H,6-13,16-17H2,1H3;2-5,10-11,17,27,32H,6-9,12-13H2,1H3,(H,30,31);5H,1-4H2. The van der Waals surface area contributed by atoms with E-state index in [1.165, 1.54) is 13.8 Å². The molecule has 0 radical (unpaired) electrons. The van der Waals surface area contributed by atoms with Crippen LogP contribution in [0, 0.1) is 0 Å². The number of hydrogen-bond donors (Lipinski definition) is 6. The number of likely N-dealkylation sites (tertiary alicyclic amines) is 2. The number of benzene rings is 4. The highest BCUT2D eigenvalue weighted by atomic mass is 16.7. The van der Waals surface area contributed by atoms with E-state index in [1.807, 2.05) is 46.2 Å². The molecule has 2 aromatic heterocycles. The van der Waals surface area contributed by atoms with Crippen molar-refractivity contribution in [2.45, 2.75) is 51.6 Å². The number of aliphatic carboxylic acids is 1. The lowest BCUT2D eigenvalue weighted by Gasteiger charge is -2.33. The zero-order chi connectivity index (χ0) is 55.0. The summed E-state index contributed by atoms with van der Waals surface area (Å²) in [6.07, 6.45) is 2.96. The molecule has 6 aliphatic heterocycles. The minimum atomic E-state index is -0.840. The number of carboxylic acids is 1. The van der Waals surface area contributed by atoms with Crippen LogP contribution in [0.2, 0.25) is 0 Å². The number of rotatable bonds is 12. The van der Waals surface area contributed by atoms with E-state index in [0.717, 1.165) is 74.3 Å². The topological polar surface area (TPSA) is 262 Å². The number of aliphatic imine (C=N–C) groups is 2. The van der Waals surface area contributed by atoms with Crippen LogP contribution in [0.3, 0.4) is 0 Å². The molecule has 79 heavy (non-hydrogen) atoms. The van der Waals surface area contributed by atoms with Crippen molar-refractivity contribution in [2.75, 3.05) is 105 Å². The predicted molar refractivity (Wildman–Crippen MR) is 294 cm³/mol. The number of Topliss-reactive ketones (excluding diaryl/α,β-unsaturated/α-hetero) is 2. The SMILES string of the molecule is C1COCCN1.CC(=O)c1ccc2[nH]c(O)c(C(=NC3CCN(CC(=O)N4CCOCC4)CC3)c3ccc4c(c3)OCO4)c2c1.CC(=O)c1ccc2[nH]c(O)c(C(=NC3CCN(CC(=O)O)CC3)c3ccc4c(c3)OCO4)c2c1. The summed E-state index contributed by atoms with van der Waals surface area (Å²) in [6, 6.07) is 21.7. The van der Waals surface area contributed by atoms with E-state index < -0.39 is 5.97 Å². The third-order valence-corrected chi connectivity index (χ3v) is 14.8. The molecule has 21 nitrogen and oxygen atoms in total. The molecule has 6 aromatic rings. The molecule has 4 fully saturated rings. The summed E-state index contributed by atoms with van der Waals surface area (Å²) >= 11 is 0. The number of fused-ring (bicyclic) bond motifs is 4. The number of nitrogens with zero attached hydrogens (tertiary/aromatic N) is 5. The van der Waals surface area contributed by atoms with Crippen molar-refractivity contribution in [3.05, 3.63) is 106 Å². The summed E-state index contributed by atoms with van der Waals surface area (Å²) < 4.78 is 32.5. The van der Waals surface area contributed by atoms with E-state index in [0.29, 0.717) is 126 Å². The van der Waals surface area contributed by atoms with Gasteiger partial charge in [-0.2, -0.15) is 0 Å². The maximum absolute atomic E-state index is 12.7. The van der Waals surface area contributed by atoms with Gasteiger partial charge in [0.05, 0.1) is 74.2 Å². The van der Waals surface area contributed by atoms with E-state index in [1.54, 1.807) is 36.4 Å². The summed E-state index contributed by atoms with van der Waals surface area (Å²) in [6.45, 7) is 12.9. The number of piperidine rings is 2. The fraction of sp³-hybridized carbons (Fsp3) is 0.414. The first-order valence-electron chi connectivity index (χ1n) is 26.8. The van der Waals surface area contributed by atoms with Gasteiger partial charge in [-0.1, -0.05) is 0 Å². The first-order chi connectivity index (χ1) is 38.3. The highest BCUT2D eigenvalue weighted by molar-refractivity contribution is 6.23. The highest BCUT2D eigenvalue weighted by Gasteiger charge is 2.29. The molecule has 4 aromatic carbocycles. The molecule has 8 heterocycles. The van der Waals surface area contributed by atoms with Crippen LogP contribution in [0.5, 0.6) is 34.8 Å². The van der Waals surface area contributed by atoms with Crippen molar-refractivity contribution in [3.8, 4) is 34.8 Å². The van der Waals surface area contributed by atoms with Gasteiger partial charge in [-0.05, 0) is 112 Å². The maximum atomic E-state index is 12.7. The molecule has 6 N–H and O–H groups in total. The minimum absolute atomic E-state index is 0.000464. The van der Waals surface area contributed by atoms with Crippen LogP contribution >= 0.6 is 0 Å². The van der Waals surface area contributed by atoms with Crippen molar-refractivity contribution in [1.82, 2.24) is 30.0 Å². The third kappa shape index (κ3) is 13.0. The predicted octanol–water partition coefficient (Wildman–Crippen LogP) is 5.76. The largest absolute Gasteiger partial charge is 0.494 e. The summed E-state index contributed by atoms with van der Waals surface area (Å²) in [4.78, 5) is 70.2. The molecule has 6 aliphatic rings. The molecule has 0 atom stereocenters. The molecule has 0 spiro atoms. The van der Waals surface area contributed by atoms with Gasteiger partial charge < -0.3 is 63.9 Å². The lowest BCUT2D eigenvalue weighted by molar-refractivity contribution is -0.138. The number of hydrogen-bond acceptors (Lipinski definition) is 17. The van der Waals surface area contributed by atoms with Crippen molar-refractivity contribution in [2.24, 2.45) is 9.98 Å². The Hall–Kier alpha value is -7.82. The number of carbonyl (C=O) groups is 4. The number of ketones is 2. The number of aromatic nitrogens is 2. The van der Waals surface area contributed by atoms with E-state index in [9.17, 15) is 29.4 Å². The Bertz CT molecular complexity index is 3260. The Morgan fingerprint density at radius 1 is 0.544 bits per heavy atom. The van der Waals surface area contributed by atoms with Gasteiger partial charge in [0, 0.05) is 96.4 Å². The Morgan fingerprint density at radius 2 is 0.975 bits per heavy atom. The molecule has 0 saturated carbocycles. The Morgan fingerprint density at radius 3 is 1.39 bits per heavy atom. The zero-order valence-electron chi connectivity index (χ0n) is 44.4. The fourth-order valence-electron chi connectivity index (χ4n) is 10.5. The molecule has 12 rings (SSSR count). The summed E-state index contributed by atoms with van der Waals surface area (Å²) in [7, 11) is 0. The van der Waals surface area contributed by atoms with Crippen LogP contribution in [0.15, 0.2) is 82.8 Å². The van der Waals surface area contributed by atoms with Gasteiger partial charge in [0.25, 0.3) is 0 Å². The van der Waals surface area contributed by atoms with Crippen LogP contribution in [0.25, 0.3) is 21.8 Å². The number of carbonyl (C=O) groups excluding carboxylic acids is 3. The van der Waals surface area contributed by atoms with Crippen molar-refractivity contribution < 1.29 is 62.9 Å². The minimum Gasteiger partial charge on any atom is -0.494 e. The first kappa shape index (κ1) is 54.5. The van der Waals surface area contributed by atoms with E-state index in [2.05, 4.69) is 20.2 Å². The summed E-state index contributed by atoms with van der Waals surface area (Å²) in [5.74, 6) is 1.69. The molecule has 0 aliphatic carbocycles. The summed E-state index contributed by atoms with van der Waals surface area (Å²) in [5.41, 5.74) is 6.34. The van der Waals surface area contributed by atoms with Gasteiger partial charge in [0.2, 0.25) is 19.5 Å². The van der Waals surface area contributed by atoms with Gasteiger partial charge >= 0.3 is 5.97 Å². The van der Waals surface area contributed by atoms with Gasteiger partial charge in [0.15, 0.2) is 46.3 Å². The zero-order valence-corrected chi connectivity index (χ0v) is 44.4. The second kappa shape index (κ2) is 24.9. The average Bonchev–Trinajstić information content (AvgIpc) is 4.48. The lowest BCUT2D eigenvalue weighted by atomic mass is 9.97. The Balaban J connectivity index is 0.000000162. The van der Waals surface area contributed by atoms with Gasteiger partial charge in [0.1, 0.15) is 0 Å². The fourth-order valence-corrected chi connectivity index (χ4v) is 10.5. The molecule has 1 amide bonds. The van der Waals surface area contributed by atoms with E-state index in [-0.39, 0.29) is 61.4 Å².